The van der Waals surface area contributed by atoms with Crippen LogP contribution < -0.4 is 10.2 Å². The maximum Gasteiger partial charge on any atom is 0.217 e. The van der Waals surface area contributed by atoms with Crippen LogP contribution in [0.2, 0.25) is 10.0 Å². The van der Waals surface area contributed by atoms with E-state index in [0.717, 1.165) is 43.0 Å². The Bertz CT molecular complexity index is 745. The summed E-state index contributed by atoms with van der Waals surface area (Å²) in [6.45, 7) is 3.26. The van der Waals surface area contributed by atoms with Crippen LogP contribution in [0.25, 0.3) is 11.3 Å². The van der Waals surface area contributed by atoms with Gasteiger partial charge in [0.1, 0.15) is 12.1 Å². The Balaban J connectivity index is 1.74. The average molecular weight is 365 g/mol. The van der Waals surface area contributed by atoms with Crippen molar-refractivity contribution < 1.29 is 4.79 Å². The predicted molar refractivity (Wildman–Crippen MR) is 96.5 cm³/mol. The SMILES string of the molecule is CC(=O)NC1CCN(c2cc(-c3ccc(Cl)c(Cl)c3)ncn2)CC1. The first kappa shape index (κ1) is 17.0. The van der Waals surface area contributed by atoms with Gasteiger partial charge in [0, 0.05) is 37.7 Å². The molecule has 7 heteroatoms. The van der Waals surface area contributed by atoms with E-state index in [2.05, 4.69) is 20.2 Å². The third-order valence-electron chi connectivity index (χ3n) is 4.09. The van der Waals surface area contributed by atoms with E-state index < -0.39 is 0 Å². The fraction of sp³-hybridized carbons (Fsp3) is 0.353. The number of hydrogen-bond donors (Lipinski definition) is 1. The molecule has 5 nitrogen and oxygen atoms in total. The maximum absolute atomic E-state index is 11.2. The minimum atomic E-state index is 0.0254. The zero-order valence-electron chi connectivity index (χ0n) is 13.3. The van der Waals surface area contributed by atoms with Crippen molar-refractivity contribution in [1.82, 2.24) is 15.3 Å². The molecule has 0 spiro atoms. The van der Waals surface area contributed by atoms with Gasteiger partial charge >= 0.3 is 0 Å². The van der Waals surface area contributed by atoms with Gasteiger partial charge < -0.3 is 10.2 Å². The summed E-state index contributed by atoms with van der Waals surface area (Å²) in [5.41, 5.74) is 1.71. The summed E-state index contributed by atoms with van der Waals surface area (Å²) >= 11 is 12.1. The van der Waals surface area contributed by atoms with Crippen molar-refractivity contribution in [1.29, 1.82) is 0 Å². The lowest BCUT2D eigenvalue weighted by atomic mass is 10.0. The summed E-state index contributed by atoms with van der Waals surface area (Å²) in [6.07, 6.45) is 3.38. The largest absolute Gasteiger partial charge is 0.356 e. The van der Waals surface area contributed by atoms with Crippen molar-refractivity contribution in [2.75, 3.05) is 18.0 Å². The number of piperidine rings is 1. The van der Waals surface area contributed by atoms with Crippen LogP contribution in [-0.2, 0) is 4.79 Å². The molecule has 0 unspecified atom stereocenters. The van der Waals surface area contributed by atoms with E-state index in [-0.39, 0.29) is 11.9 Å². The van der Waals surface area contributed by atoms with Crippen LogP contribution in [0.15, 0.2) is 30.6 Å². The monoisotopic (exact) mass is 364 g/mol. The number of rotatable bonds is 3. The quantitative estimate of drug-likeness (QED) is 0.904. The van der Waals surface area contributed by atoms with E-state index in [1.165, 1.54) is 0 Å². The van der Waals surface area contributed by atoms with Crippen molar-refractivity contribution in [2.24, 2.45) is 0 Å². The Morgan fingerprint density at radius 3 is 2.58 bits per heavy atom. The van der Waals surface area contributed by atoms with E-state index in [9.17, 15) is 4.79 Å². The van der Waals surface area contributed by atoms with Crippen molar-refractivity contribution in [3.05, 3.63) is 40.6 Å². The molecular formula is C17H18Cl2N4O. The second kappa shape index (κ2) is 7.36. The van der Waals surface area contributed by atoms with E-state index in [1.807, 2.05) is 12.1 Å². The Morgan fingerprint density at radius 1 is 1.17 bits per heavy atom. The molecule has 1 amide bonds. The van der Waals surface area contributed by atoms with Gasteiger partial charge in [-0.1, -0.05) is 29.3 Å². The lowest BCUT2D eigenvalue weighted by Crippen LogP contribution is -2.44. The highest BCUT2D eigenvalue weighted by molar-refractivity contribution is 6.42. The minimum absolute atomic E-state index is 0.0254. The molecule has 2 aromatic rings. The topological polar surface area (TPSA) is 58.1 Å². The Kier molecular flexibility index (Phi) is 5.21. The molecule has 1 aliphatic heterocycles. The molecule has 1 aliphatic rings. The highest BCUT2D eigenvalue weighted by atomic mass is 35.5. The molecule has 0 saturated carbocycles. The van der Waals surface area contributed by atoms with E-state index in [1.54, 1.807) is 25.4 Å². The van der Waals surface area contributed by atoms with Crippen LogP contribution in [0.1, 0.15) is 19.8 Å². The number of aromatic nitrogens is 2. The number of carbonyl (C=O) groups is 1. The first-order valence-corrected chi connectivity index (χ1v) is 8.58. The number of carbonyl (C=O) groups excluding carboxylic acids is 1. The van der Waals surface area contributed by atoms with Crippen LogP contribution in [0.4, 0.5) is 5.82 Å². The highest BCUT2D eigenvalue weighted by Crippen LogP contribution is 2.29. The smallest absolute Gasteiger partial charge is 0.217 e. The van der Waals surface area contributed by atoms with Gasteiger partial charge in [0.2, 0.25) is 5.91 Å². The Labute approximate surface area is 151 Å². The van der Waals surface area contributed by atoms with Crippen LogP contribution in [0.5, 0.6) is 0 Å². The molecule has 126 valence electrons. The second-order valence-electron chi connectivity index (χ2n) is 5.85. The summed E-state index contributed by atoms with van der Waals surface area (Å²) in [5, 5.41) is 4.00. The summed E-state index contributed by atoms with van der Waals surface area (Å²) in [6, 6.07) is 7.66. The molecule has 1 fully saturated rings. The van der Waals surface area contributed by atoms with Crippen molar-refractivity contribution in [3.63, 3.8) is 0 Å². The number of nitrogens with one attached hydrogen (secondary N) is 1. The van der Waals surface area contributed by atoms with Gasteiger partial charge in [-0.3, -0.25) is 4.79 Å². The number of anilines is 1. The molecule has 0 atom stereocenters. The van der Waals surface area contributed by atoms with Gasteiger partial charge in [-0.25, -0.2) is 9.97 Å². The number of hydrogen-bond acceptors (Lipinski definition) is 4. The second-order valence-corrected chi connectivity index (χ2v) is 6.67. The molecule has 0 radical (unpaired) electrons. The molecule has 3 rings (SSSR count). The minimum Gasteiger partial charge on any atom is -0.356 e. The Morgan fingerprint density at radius 2 is 1.92 bits per heavy atom. The summed E-state index contributed by atoms with van der Waals surface area (Å²) < 4.78 is 0. The first-order valence-electron chi connectivity index (χ1n) is 7.82. The maximum atomic E-state index is 11.2. The van der Waals surface area contributed by atoms with Gasteiger partial charge in [0.25, 0.3) is 0 Å². The Hall–Kier alpha value is -1.85. The fourth-order valence-electron chi connectivity index (χ4n) is 2.87. The van der Waals surface area contributed by atoms with Gasteiger partial charge in [-0.05, 0) is 25.0 Å². The first-order chi connectivity index (χ1) is 11.5. The van der Waals surface area contributed by atoms with Gasteiger partial charge in [-0.2, -0.15) is 0 Å². The van der Waals surface area contributed by atoms with Gasteiger partial charge in [0.05, 0.1) is 15.7 Å². The lowest BCUT2D eigenvalue weighted by molar-refractivity contribution is -0.119. The van der Waals surface area contributed by atoms with E-state index >= 15 is 0 Å². The zero-order chi connectivity index (χ0) is 17.1. The van der Waals surface area contributed by atoms with Crippen molar-refractivity contribution in [2.45, 2.75) is 25.8 Å². The van der Waals surface area contributed by atoms with Crippen molar-refractivity contribution >= 4 is 34.9 Å². The number of halogens is 2. The standard InChI is InChI=1S/C17H18Cl2N4O/c1-11(24)22-13-4-6-23(7-5-13)17-9-16(20-10-21-17)12-2-3-14(18)15(19)8-12/h2-3,8-10,13H,4-7H2,1H3,(H,22,24). The number of benzene rings is 1. The van der Waals surface area contributed by atoms with Gasteiger partial charge in [0.15, 0.2) is 0 Å². The zero-order valence-corrected chi connectivity index (χ0v) is 14.8. The van der Waals surface area contributed by atoms with E-state index in [4.69, 9.17) is 23.2 Å². The normalized spacial score (nSPS) is 15.4. The summed E-state index contributed by atoms with van der Waals surface area (Å²) in [4.78, 5) is 22.1. The molecular weight excluding hydrogens is 347 g/mol. The summed E-state index contributed by atoms with van der Waals surface area (Å²) in [5.74, 6) is 0.907. The highest BCUT2D eigenvalue weighted by Gasteiger charge is 2.21. The molecule has 0 aliphatic carbocycles. The van der Waals surface area contributed by atoms with Crippen LogP contribution in [0.3, 0.4) is 0 Å². The van der Waals surface area contributed by atoms with E-state index in [0.29, 0.717) is 10.0 Å². The van der Waals surface area contributed by atoms with Crippen LogP contribution in [-0.4, -0.2) is 35.0 Å². The molecule has 1 aromatic heterocycles. The molecule has 1 saturated heterocycles. The third-order valence-corrected chi connectivity index (χ3v) is 4.83. The molecule has 2 heterocycles. The molecule has 24 heavy (non-hydrogen) atoms. The number of amides is 1. The van der Waals surface area contributed by atoms with Crippen LogP contribution >= 0.6 is 23.2 Å². The van der Waals surface area contributed by atoms with Gasteiger partial charge in [-0.15, -0.1) is 0 Å². The summed E-state index contributed by atoms with van der Waals surface area (Å²) in [7, 11) is 0. The fourth-order valence-corrected chi connectivity index (χ4v) is 3.17. The van der Waals surface area contributed by atoms with Crippen molar-refractivity contribution in [3.8, 4) is 11.3 Å². The molecule has 1 N–H and O–H groups in total. The third kappa shape index (κ3) is 3.97. The van der Waals surface area contributed by atoms with Crippen LogP contribution in [0, 0.1) is 0 Å². The lowest BCUT2D eigenvalue weighted by Gasteiger charge is -2.33. The molecule has 1 aromatic carbocycles. The number of nitrogens with zero attached hydrogens (tertiary/aromatic N) is 3. The predicted octanol–water partition coefficient (Wildman–Crippen LogP) is 3.56. The molecule has 0 bridgehead atoms. The average Bonchev–Trinajstić information content (AvgIpc) is 2.58.